The predicted molar refractivity (Wildman–Crippen MR) is 135 cm³/mol. The van der Waals surface area contributed by atoms with E-state index in [9.17, 15) is 22.4 Å². The van der Waals surface area contributed by atoms with Gasteiger partial charge in [-0.05, 0) is 23.8 Å². The molecule has 0 unspecified atom stereocenters. The van der Waals surface area contributed by atoms with Gasteiger partial charge in [0.2, 0.25) is 5.95 Å². The normalized spacial score (nSPS) is 13.1. The lowest BCUT2D eigenvalue weighted by Crippen LogP contribution is -2.26. The first kappa shape index (κ1) is 24.5. The summed E-state index contributed by atoms with van der Waals surface area (Å²) < 4.78 is 37.4. The number of benzene rings is 2. The Morgan fingerprint density at radius 1 is 1.16 bits per heavy atom. The van der Waals surface area contributed by atoms with Gasteiger partial charge in [0.25, 0.3) is 11.5 Å². The second-order valence-corrected chi connectivity index (χ2v) is 11.2. The van der Waals surface area contributed by atoms with Gasteiger partial charge in [-0.15, -0.1) is 0 Å². The fourth-order valence-electron chi connectivity index (χ4n) is 4.25. The number of nitrogens with one attached hydrogen (secondary N) is 2. The zero-order chi connectivity index (χ0) is 26.2. The Morgan fingerprint density at radius 2 is 1.95 bits per heavy atom. The summed E-state index contributed by atoms with van der Waals surface area (Å²) in [5, 5.41) is 10.7. The highest BCUT2D eigenvalue weighted by molar-refractivity contribution is 7.90. The molecule has 3 heterocycles. The molecule has 5 rings (SSSR count). The van der Waals surface area contributed by atoms with Crippen molar-refractivity contribution in [3.8, 4) is 0 Å². The summed E-state index contributed by atoms with van der Waals surface area (Å²) in [5.41, 5.74) is 2.27. The number of H-pyrrole nitrogens is 1. The lowest BCUT2D eigenvalue weighted by molar-refractivity contribution is 0.0745. The van der Waals surface area contributed by atoms with E-state index in [2.05, 4.69) is 25.5 Å². The van der Waals surface area contributed by atoms with E-state index in [1.807, 2.05) is 6.07 Å². The molecule has 0 saturated carbocycles. The number of carbonyl (C=O) groups is 1. The second-order valence-electron chi connectivity index (χ2n) is 8.92. The van der Waals surface area contributed by atoms with Crippen molar-refractivity contribution in [3.05, 3.63) is 92.9 Å². The first-order valence-electron chi connectivity index (χ1n) is 11.5. The summed E-state index contributed by atoms with van der Waals surface area (Å²) >= 11 is 0. The van der Waals surface area contributed by atoms with Crippen LogP contribution < -0.4 is 10.9 Å². The summed E-state index contributed by atoms with van der Waals surface area (Å²) in [6.07, 6.45) is 3.03. The standard InChI is InChI=1S/C25H23FN6O4S/c1-37(35,36)9-8-27-25-28-12-16-13-32(14-22(16)29-25)24(34)19-10-15(6-7-20(19)26)11-21-17-4-2-3-5-18(17)23(33)31-30-21/h2-7,10,12H,8-9,11,13-14H2,1H3,(H,31,33)(H,27,28,29). The fraction of sp³-hybridized carbons (Fsp3) is 0.240. The molecule has 10 nitrogen and oxygen atoms in total. The predicted octanol–water partition coefficient (Wildman–Crippen LogP) is 2.06. The molecule has 0 bridgehead atoms. The quantitative estimate of drug-likeness (QED) is 0.376. The zero-order valence-corrected chi connectivity index (χ0v) is 20.7. The minimum atomic E-state index is -3.12. The average Bonchev–Trinajstić information content (AvgIpc) is 3.29. The minimum absolute atomic E-state index is 0.0575. The molecule has 0 atom stereocenters. The molecule has 0 saturated heterocycles. The van der Waals surface area contributed by atoms with Crippen molar-refractivity contribution in [3.63, 3.8) is 0 Å². The topological polar surface area (TPSA) is 138 Å². The van der Waals surface area contributed by atoms with Gasteiger partial charge in [-0.2, -0.15) is 5.10 Å². The molecule has 2 aromatic heterocycles. The number of nitrogens with zero attached hydrogens (tertiary/aromatic N) is 4. The van der Waals surface area contributed by atoms with Crippen molar-refractivity contribution in [1.82, 2.24) is 25.1 Å². The zero-order valence-electron chi connectivity index (χ0n) is 19.9. The number of carbonyl (C=O) groups excluding carboxylic acids is 1. The Labute approximate surface area is 211 Å². The lowest BCUT2D eigenvalue weighted by atomic mass is 10.0. The molecule has 190 valence electrons. The minimum Gasteiger partial charge on any atom is -0.353 e. The molecule has 1 amide bonds. The van der Waals surface area contributed by atoms with Gasteiger partial charge in [0.1, 0.15) is 15.7 Å². The summed E-state index contributed by atoms with van der Waals surface area (Å²) in [6, 6.07) is 11.4. The maximum absolute atomic E-state index is 14.7. The van der Waals surface area contributed by atoms with Crippen LogP contribution in [0.5, 0.6) is 0 Å². The van der Waals surface area contributed by atoms with Gasteiger partial charge in [0, 0.05) is 42.9 Å². The van der Waals surface area contributed by atoms with Gasteiger partial charge >= 0.3 is 0 Å². The molecule has 2 N–H and O–H groups in total. The summed E-state index contributed by atoms with van der Waals surface area (Å²) in [5.74, 6) is -0.912. The van der Waals surface area contributed by atoms with Gasteiger partial charge in [-0.1, -0.05) is 24.3 Å². The maximum atomic E-state index is 14.7. The molecular formula is C25H23FN6O4S. The van der Waals surface area contributed by atoms with Crippen molar-refractivity contribution < 1.29 is 17.6 Å². The number of sulfone groups is 1. The number of amides is 1. The van der Waals surface area contributed by atoms with Gasteiger partial charge in [0.15, 0.2) is 0 Å². The number of hydrogen-bond donors (Lipinski definition) is 2. The van der Waals surface area contributed by atoms with Crippen molar-refractivity contribution in [1.29, 1.82) is 0 Å². The third kappa shape index (κ3) is 5.33. The molecule has 0 aliphatic carbocycles. The number of fused-ring (bicyclic) bond motifs is 2. The second kappa shape index (κ2) is 9.69. The summed E-state index contributed by atoms with van der Waals surface area (Å²) in [6.45, 7) is 0.568. The number of anilines is 1. The van der Waals surface area contributed by atoms with Crippen LogP contribution in [0, 0.1) is 5.82 Å². The Bertz CT molecular complexity index is 1690. The molecule has 0 spiro atoms. The molecule has 37 heavy (non-hydrogen) atoms. The van der Waals surface area contributed by atoms with E-state index in [-0.39, 0.29) is 42.5 Å². The maximum Gasteiger partial charge on any atom is 0.272 e. The number of rotatable bonds is 7. The molecule has 2 aromatic carbocycles. The van der Waals surface area contributed by atoms with Crippen LogP contribution in [0.2, 0.25) is 0 Å². The Morgan fingerprint density at radius 3 is 2.73 bits per heavy atom. The van der Waals surface area contributed by atoms with Crippen molar-refractivity contribution >= 4 is 32.5 Å². The Hall–Kier alpha value is -4.19. The highest BCUT2D eigenvalue weighted by atomic mass is 32.2. The highest BCUT2D eigenvalue weighted by Crippen LogP contribution is 2.25. The molecule has 1 aliphatic heterocycles. The fourth-order valence-corrected chi connectivity index (χ4v) is 4.72. The van der Waals surface area contributed by atoms with Crippen LogP contribution in [0.25, 0.3) is 10.8 Å². The van der Waals surface area contributed by atoms with E-state index in [0.29, 0.717) is 34.1 Å². The first-order valence-corrected chi connectivity index (χ1v) is 13.5. The molecule has 4 aromatic rings. The van der Waals surface area contributed by atoms with E-state index in [4.69, 9.17) is 0 Å². The van der Waals surface area contributed by atoms with E-state index in [1.165, 1.54) is 17.0 Å². The van der Waals surface area contributed by atoms with Crippen molar-refractivity contribution in [2.75, 3.05) is 23.9 Å². The Kier molecular flexibility index (Phi) is 6.42. The third-order valence-electron chi connectivity index (χ3n) is 6.11. The number of hydrogen-bond acceptors (Lipinski definition) is 8. The van der Waals surface area contributed by atoms with Crippen LogP contribution in [0.4, 0.5) is 10.3 Å². The van der Waals surface area contributed by atoms with Gasteiger partial charge < -0.3 is 10.2 Å². The monoisotopic (exact) mass is 522 g/mol. The molecule has 0 radical (unpaired) electrons. The van der Waals surface area contributed by atoms with Crippen LogP contribution in [-0.4, -0.2) is 57.9 Å². The number of aromatic amines is 1. The summed E-state index contributed by atoms with van der Waals surface area (Å²) in [4.78, 5) is 35.4. The van der Waals surface area contributed by atoms with Crippen LogP contribution in [0.15, 0.2) is 53.5 Å². The molecule has 1 aliphatic rings. The highest BCUT2D eigenvalue weighted by Gasteiger charge is 2.28. The SMILES string of the molecule is CS(=O)(=O)CCNc1ncc2c(n1)CN(C(=O)c1cc(Cc3n[nH]c(=O)c4ccccc34)ccc1F)C2. The van der Waals surface area contributed by atoms with Crippen LogP contribution in [0.3, 0.4) is 0 Å². The number of halogens is 1. The lowest BCUT2D eigenvalue weighted by Gasteiger charge is -2.16. The largest absolute Gasteiger partial charge is 0.353 e. The van der Waals surface area contributed by atoms with Crippen LogP contribution >= 0.6 is 0 Å². The Balaban J connectivity index is 1.33. The molecule has 0 fully saturated rings. The van der Waals surface area contributed by atoms with Gasteiger partial charge in [-0.3, -0.25) is 9.59 Å². The molecule has 12 heteroatoms. The van der Waals surface area contributed by atoms with Gasteiger partial charge in [-0.25, -0.2) is 27.9 Å². The average molecular weight is 523 g/mol. The van der Waals surface area contributed by atoms with E-state index < -0.39 is 21.6 Å². The number of aromatic nitrogens is 4. The van der Waals surface area contributed by atoms with Crippen molar-refractivity contribution in [2.24, 2.45) is 0 Å². The first-order chi connectivity index (χ1) is 17.7. The molecular weight excluding hydrogens is 499 g/mol. The summed E-state index contributed by atoms with van der Waals surface area (Å²) in [7, 11) is -3.12. The van der Waals surface area contributed by atoms with Crippen LogP contribution in [-0.2, 0) is 29.3 Å². The van der Waals surface area contributed by atoms with Crippen molar-refractivity contribution in [2.45, 2.75) is 19.5 Å². The third-order valence-corrected chi connectivity index (χ3v) is 7.05. The van der Waals surface area contributed by atoms with E-state index in [0.717, 1.165) is 11.8 Å². The smallest absolute Gasteiger partial charge is 0.272 e. The van der Waals surface area contributed by atoms with E-state index >= 15 is 0 Å². The van der Waals surface area contributed by atoms with Crippen LogP contribution in [0.1, 0.15) is 32.9 Å². The van der Waals surface area contributed by atoms with Gasteiger partial charge in [0.05, 0.1) is 34.6 Å². The van der Waals surface area contributed by atoms with E-state index in [1.54, 1.807) is 30.5 Å².